The number of benzene rings is 2. The Morgan fingerprint density at radius 3 is 2.19 bits per heavy atom. The van der Waals surface area contributed by atoms with E-state index >= 15 is 0 Å². The van der Waals surface area contributed by atoms with Gasteiger partial charge in [-0.25, -0.2) is 14.6 Å². The number of nitrogens with one attached hydrogen (secondary N) is 1. The fraction of sp³-hybridized carbons (Fsp3) is 0.150. The van der Waals surface area contributed by atoms with E-state index in [4.69, 9.17) is 0 Å². The van der Waals surface area contributed by atoms with Crippen molar-refractivity contribution in [2.24, 2.45) is 0 Å². The van der Waals surface area contributed by atoms with Gasteiger partial charge in [0.1, 0.15) is 12.1 Å². The van der Waals surface area contributed by atoms with E-state index in [0.29, 0.717) is 12.2 Å². The van der Waals surface area contributed by atoms with Crippen molar-refractivity contribution in [1.82, 2.24) is 19.7 Å². The summed E-state index contributed by atoms with van der Waals surface area (Å²) in [6.45, 7) is 0.418. The smallest absolute Gasteiger partial charge is 0.163 e. The number of aromatic nitrogens is 4. The van der Waals surface area contributed by atoms with Crippen LogP contribution in [-0.4, -0.2) is 31.5 Å². The van der Waals surface area contributed by atoms with Crippen molar-refractivity contribution in [2.45, 2.75) is 12.6 Å². The second-order valence-corrected chi connectivity index (χ2v) is 5.95. The quantitative estimate of drug-likeness (QED) is 0.562. The van der Waals surface area contributed by atoms with Gasteiger partial charge in [-0.05, 0) is 11.1 Å². The van der Waals surface area contributed by atoms with Gasteiger partial charge in [0.2, 0.25) is 0 Å². The van der Waals surface area contributed by atoms with E-state index in [1.165, 1.54) is 6.33 Å². The zero-order valence-electron chi connectivity index (χ0n) is 14.2. The molecule has 0 bridgehead atoms. The molecule has 0 spiro atoms. The summed E-state index contributed by atoms with van der Waals surface area (Å²) in [5.74, 6) is 0.719. The molecule has 6 heteroatoms. The highest BCUT2D eigenvalue weighted by molar-refractivity contribution is 5.86. The van der Waals surface area contributed by atoms with Crippen molar-refractivity contribution < 1.29 is 5.11 Å². The molecule has 4 aromatic rings. The van der Waals surface area contributed by atoms with Gasteiger partial charge in [0.05, 0.1) is 30.8 Å². The molecule has 6 nitrogen and oxygen atoms in total. The summed E-state index contributed by atoms with van der Waals surface area (Å²) in [5, 5.41) is 17.9. The van der Waals surface area contributed by atoms with E-state index in [2.05, 4.69) is 44.6 Å². The maximum Gasteiger partial charge on any atom is 0.163 e. The molecule has 2 heterocycles. The summed E-state index contributed by atoms with van der Waals surface area (Å²) in [7, 11) is 0. The van der Waals surface area contributed by atoms with Crippen LogP contribution in [0.1, 0.15) is 17.2 Å². The van der Waals surface area contributed by atoms with Crippen molar-refractivity contribution in [3.8, 4) is 0 Å². The molecule has 2 N–H and O–H groups in total. The number of aliphatic hydroxyl groups excluding tert-OH is 1. The maximum absolute atomic E-state index is 9.19. The van der Waals surface area contributed by atoms with Gasteiger partial charge in [0.25, 0.3) is 0 Å². The summed E-state index contributed by atoms with van der Waals surface area (Å²) < 4.78 is 1.68. The number of nitrogens with zero attached hydrogens (tertiary/aromatic N) is 4. The van der Waals surface area contributed by atoms with E-state index in [1.54, 1.807) is 10.9 Å². The highest BCUT2D eigenvalue weighted by Gasteiger charge is 2.17. The molecule has 0 aliphatic rings. The molecular weight excluding hydrogens is 326 g/mol. The van der Waals surface area contributed by atoms with Crippen LogP contribution in [0.5, 0.6) is 0 Å². The highest BCUT2D eigenvalue weighted by Crippen LogP contribution is 2.28. The van der Waals surface area contributed by atoms with Crippen LogP contribution in [0.15, 0.2) is 73.2 Å². The topological polar surface area (TPSA) is 75.9 Å². The van der Waals surface area contributed by atoms with Crippen molar-refractivity contribution >= 4 is 16.9 Å². The first-order valence-corrected chi connectivity index (χ1v) is 8.50. The molecule has 130 valence electrons. The van der Waals surface area contributed by atoms with E-state index in [1.807, 2.05) is 36.4 Å². The summed E-state index contributed by atoms with van der Waals surface area (Å²) >= 11 is 0. The lowest BCUT2D eigenvalue weighted by molar-refractivity contribution is 0.271. The number of fused-ring (bicyclic) bond motifs is 1. The summed E-state index contributed by atoms with van der Waals surface area (Å²) in [6, 6.07) is 20.5. The van der Waals surface area contributed by atoms with Gasteiger partial charge in [-0.2, -0.15) is 5.10 Å². The third-order valence-corrected chi connectivity index (χ3v) is 4.29. The van der Waals surface area contributed by atoms with Gasteiger partial charge in [-0.3, -0.25) is 0 Å². The van der Waals surface area contributed by atoms with E-state index in [-0.39, 0.29) is 12.6 Å². The van der Waals surface area contributed by atoms with Crippen LogP contribution in [0, 0.1) is 0 Å². The molecule has 2 aromatic carbocycles. The van der Waals surface area contributed by atoms with Gasteiger partial charge >= 0.3 is 0 Å². The normalized spacial score (nSPS) is 11.2. The van der Waals surface area contributed by atoms with Crippen LogP contribution < -0.4 is 5.32 Å². The number of hydrogen-bond donors (Lipinski definition) is 2. The predicted octanol–water partition coefficient (Wildman–Crippen LogP) is 3.02. The zero-order valence-corrected chi connectivity index (χ0v) is 14.2. The Labute approximate surface area is 151 Å². The van der Waals surface area contributed by atoms with Crippen LogP contribution in [0.4, 0.5) is 5.82 Å². The standard InChI is InChI=1S/C20H19N5O/c26-12-11-25-20-17(13-23-25)19(21-14-22-20)24-18(15-7-3-1-4-8-15)16-9-5-2-6-10-16/h1-10,13-14,18,26H,11-12H2,(H,21,22,24). The molecular formula is C20H19N5O. The lowest BCUT2D eigenvalue weighted by Gasteiger charge is -2.20. The largest absolute Gasteiger partial charge is 0.394 e. The number of hydrogen-bond acceptors (Lipinski definition) is 5. The van der Waals surface area contributed by atoms with Crippen molar-refractivity contribution in [3.05, 3.63) is 84.3 Å². The molecule has 4 rings (SSSR count). The molecule has 0 aliphatic heterocycles. The molecule has 26 heavy (non-hydrogen) atoms. The minimum absolute atomic E-state index is 0.0141. The Morgan fingerprint density at radius 1 is 0.923 bits per heavy atom. The first-order valence-electron chi connectivity index (χ1n) is 8.50. The average molecular weight is 345 g/mol. The zero-order chi connectivity index (χ0) is 17.8. The average Bonchev–Trinajstić information content (AvgIpc) is 3.12. The Kier molecular flexibility index (Phi) is 4.57. The Balaban J connectivity index is 1.76. The molecule has 0 fully saturated rings. The first-order chi connectivity index (χ1) is 12.9. The third-order valence-electron chi connectivity index (χ3n) is 4.29. The summed E-state index contributed by atoms with van der Waals surface area (Å²) in [5.41, 5.74) is 3.00. The van der Waals surface area contributed by atoms with Crippen LogP contribution in [0.25, 0.3) is 11.0 Å². The SMILES string of the molecule is OCCn1ncc2c(NC(c3ccccc3)c3ccccc3)ncnc21. The molecule has 0 atom stereocenters. The Bertz CT molecular complexity index is 945. The van der Waals surface area contributed by atoms with Crippen molar-refractivity contribution in [2.75, 3.05) is 11.9 Å². The second kappa shape index (κ2) is 7.33. The highest BCUT2D eigenvalue weighted by atomic mass is 16.3. The predicted molar refractivity (Wildman–Crippen MR) is 101 cm³/mol. The van der Waals surface area contributed by atoms with E-state index in [9.17, 15) is 5.11 Å². The minimum Gasteiger partial charge on any atom is -0.394 e. The summed E-state index contributed by atoms with van der Waals surface area (Å²) in [4.78, 5) is 8.74. The molecule has 0 amide bonds. The van der Waals surface area contributed by atoms with Gasteiger partial charge in [0.15, 0.2) is 5.65 Å². The van der Waals surface area contributed by atoms with E-state index in [0.717, 1.165) is 22.3 Å². The van der Waals surface area contributed by atoms with Gasteiger partial charge in [-0.1, -0.05) is 60.7 Å². The number of anilines is 1. The van der Waals surface area contributed by atoms with Gasteiger partial charge in [0, 0.05) is 0 Å². The molecule has 2 aromatic heterocycles. The van der Waals surface area contributed by atoms with E-state index < -0.39 is 0 Å². The van der Waals surface area contributed by atoms with Gasteiger partial charge in [-0.15, -0.1) is 0 Å². The minimum atomic E-state index is -0.0447. The van der Waals surface area contributed by atoms with Crippen molar-refractivity contribution in [3.63, 3.8) is 0 Å². The summed E-state index contributed by atoms with van der Waals surface area (Å²) in [6.07, 6.45) is 3.26. The Morgan fingerprint density at radius 2 is 1.58 bits per heavy atom. The van der Waals surface area contributed by atoms with Crippen molar-refractivity contribution in [1.29, 1.82) is 0 Å². The molecule has 0 saturated carbocycles. The van der Waals surface area contributed by atoms with Crippen LogP contribution in [0.3, 0.4) is 0 Å². The fourth-order valence-corrected chi connectivity index (χ4v) is 3.05. The first kappa shape index (κ1) is 16.2. The van der Waals surface area contributed by atoms with Crippen LogP contribution >= 0.6 is 0 Å². The van der Waals surface area contributed by atoms with Crippen LogP contribution in [-0.2, 0) is 6.54 Å². The van der Waals surface area contributed by atoms with Gasteiger partial charge < -0.3 is 10.4 Å². The second-order valence-electron chi connectivity index (χ2n) is 5.95. The molecule has 0 unspecified atom stereocenters. The fourth-order valence-electron chi connectivity index (χ4n) is 3.05. The monoisotopic (exact) mass is 345 g/mol. The number of rotatable bonds is 6. The molecule has 0 radical (unpaired) electrons. The lowest BCUT2D eigenvalue weighted by atomic mass is 9.98. The molecule has 0 saturated heterocycles. The maximum atomic E-state index is 9.19. The Hall–Kier alpha value is -3.25. The third kappa shape index (κ3) is 3.14. The molecule has 0 aliphatic carbocycles. The lowest BCUT2D eigenvalue weighted by Crippen LogP contribution is -2.13. The van der Waals surface area contributed by atoms with Crippen LogP contribution in [0.2, 0.25) is 0 Å². The number of aliphatic hydroxyl groups is 1.